The highest BCUT2D eigenvalue weighted by Gasteiger charge is 2.29. The van der Waals surface area contributed by atoms with Crippen molar-refractivity contribution in [3.05, 3.63) is 52.9 Å². The normalized spacial score (nSPS) is 20.5. The number of likely N-dealkylation sites (tertiary alicyclic amines) is 1. The van der Waals surface area contributed by atoms with Crippen LogP contribution in [0.2, 0.25) is 0 Å². The summed E-state index contributed by atoms with van der Waals surface area (Å²) in [6, 6.07) is 9.85. The van der Waals surface area contributed by atoms with Crippen LogP contribution in [0.25, 0.3) is 10.9 Å². The van der Waals surface area contributed by atoms with Crippen molar-refractivity contribution >= 4 is 34.0 Å². The lowest BCUT2D eigenvalue weighted by Gasteiger charge is -2.38. The average Bonchev–Trinajstić information content (AvgIpc) is 3.35. The lowest BCUT2D eigenvalue weighted by atomic mass is 9.81. The van der Waals surface area contributed by atoms with E-state index in [4.69, 9.17) is 4.74 Å². The van der Waals surface area contributed by atoms with Crippen molar-refractivity contribution in [2.75, 3.05) is 39.1 Å². The molecule has 1 saturated heterocycles. The minimum Gasteiger partial charge on any atom is -0.497 e. The molecule has 32 heavy (non-hydrogen) atoms. The van der Waals surface area contributed by atoms with Gasteiger partial charge in [0.2, 0.25) is 0 Å². The summed E-state index contributed by atoms with van der Waals surface area (Å²) in [5, 5.41) is 26.3. The molecule has 5 nitrogen and oxygen atoms in total. The Hall–Kier alpha value is -1.64. The first kappa shape index (κ1) is 23.5. The fourth-order valence-electron chi connectivity index (χ4n) is 4.66. The maximum atomic E-state index is 11.0. The third kappa shape index (κ3) is 5.83. The van der Waals surface area contributed by atoms with Crippen LogP contribution in [-0.2, 0) is 0 Å². The van der Waals surface area contributed by atoms with Crippen LogP contribution in [0.3, 0.4) is 0 Å². The smallest absolute Gasteiger partial charge is 0.119 e. The molecule has 3 atom stereocenters. The lowest BCUT2D eigenvalue weighted by Crippen LogP contribution is -2.43. The zero-order valence-corrected chi connectivity index (χ0v) is 20.2. The second-order valence-corrected chi connectivity index (χ2v) is 10.4. The molecule has 0 bridgehead atoms. The molecule has 0 spiro atoms. The number of pyridine rings is 1. The molecule has 1 unspecified atom stereocenters. The van der Waals surface area contributed by atoms with Gasteiger partial charge in [-0.15, -0.1) is 11.8 Å². The first-order chi connectivity index (χ1) is 15.7. The first-order valence-corrected chi connectivity index (χ1v) is 13.2. The SMILES string of the molecule is COc1ccc2nccc(C(O)CC[C@@H]3CCN(CCSc4ccsc4)C[C@@H]3CO)c2c1. The number of hydrogen-bond acceptors (Lipinski definition) is 7. The molecule has 7 heteroatoms. The quantitative estimate of drug-likeness (QED) is 0.412. The van der Waals surface area contributed by atoms with Gasteiger partial charge >= 0.3 is 0 Å². The Morgan fingerprint density at radius 1 is 1.28 bits per heavy atom. The van der Waals surface area contributed by atoms with Gasteiger partial charge in [-0.3, -0.25) is 4.98 Å². The van der Waals surface area contributed by atoms with Gasteiger partial charge in [0.25, 0.3) is 0 Å². The molecule has 4 rings (SSSR count). The summed E-state index contributed by atoms with van der Waals surface area (Å²) in [4.78, 5) is 8.25. The molecule has 1 aliphatic heterocycles. The predicted molar refractivity (Wildman–Crippen MR) is 133 cm³/mol. The fraction of sp³-hybridized carbons (Fsp3) is 0.480. The van der Waals surface area contributed by atoms with Crippen molar-refractivity contribution < 1.29 is 14.9 Å². The van der Waals surface area contributed by atoms with Crippen molar-refractivity contribution in [2.24, 2.45) is 11.8 Å². The molecule has 1 aromatic carbocycles. The number of ether oxygens (including phenoxy) is 1. The molecule has 3 aromatic rings. The van der Waals surface area contributed by atoms with Crippen molar-refractivity contribution in [1.82, 2.24) is 9.88 Å². The number of aromatic nitrogens is 1. The van der Waals surface area contributed by atoms with E-state index in [0.29, 0.717) is 12.3 Å². The number of methoxy groups -OCH3 is 1. The predicted octanol–water partition coefficient (Wildman–Crippen LogP) is 4.84. The van der Waals surface area contributed by atoms with Crippen LogP contribution in [0, 0.1) is 11.8 Å². The zero-order chi connectivity index (χ0) is 22.3. The van der Waals surface area contributed by atoms with E-state index in [1.807, 2.05) is 36.0 Å². The Kier molecular flexibility index (Phi) is 8.43. The number of thioether (sulfide) groups is 1. The minimum absolute atomic E-state index is 0.213. The van der Waals surface area contributed by atoms with Crippen molar-refractivity contribution in [1.29, 1.82) is 0 Å². The lowest BCUT2D eigenvalue weighted by molar-refractivity contribution is 0.0608. The van der Waals surface area contributed by atoms with Gasteiger partial charge in [-0.25, -0.2) is 0 Å². The highest BCUT2D eigenvalue weighted by atomic mass is 32.2. The van der Waals surface area contributed by atoms with Crippen LogP contribution < -0.4 is 4.74 Å². The summed E-state index contributed by atoms with van der Waals surface area (Å²) in [7, 11) is 1.65. The molecular weight excluding hydrogens is 440 g/mol. The van der Waals surface area contributed by atoms with Gasteiger partial charge < -0.3 is 19.8 Å². The molecule has 0 amide bonds. The number of rotatable bonds is 10. The van der Waals surface area contributed by atoms with E-state index in [1.54, 1.807) is 24.6 Å². The maximum Gasteiger partial charge on any atom is 0.119 e. The van der Waals surface area contributed by atoms with Crippen molar-refractivity contribution in [2.45, 2.75) is 30.3 Å². The summed E-state index contributed by atoms with van der Waals surface area (Å²) in [5.41, 5.74) is 1.77. The standard InChI is InChI=1S/C25H32N2O3S2/c1-30-20-3-4-24-23(14-20)22(6-9-26-24)25(29)5-2-18-7-10-27(15-19(18)16-28)11-13-32-21-8-12-31-17-21/h3-4,6,8-9,12,14,17-19,25,28-29H,2,5,7,10-11,13,15-16H2,1H3/t18-,19-,25?/m1/s1. The van der Waals surface area contributed by atoms with Gasteiger partial charge in [0.15, 0.2) is 0 Å². The first-order valence-electron chi connectivity index (χ1n) is 11.3. The maximum absolute atomic E-state index is 11.0. The van der Waals surface area contributed by atoms with Crippen LogP contribution in [0.4, 0.5) is 0 Å². The van der Waals surface area contributed by atoms with Crippen molar-refractivity contribution in [3.63, 3.8) is 0 Å². The highest BCUT2D eigenvalue weighted by molar-refractivity contribution is 7.99. The van der Waals surface area contributed by atoms with E-state index in [-0.39, 0.29) is 12.5 Å². The topological polar surface area (TPSA) is 65.8 Å². The van der Waals surface area contributed by atoms with E-state index < -0.39 is 6.10 Å². The molecule has 1 aliphatic rings. The molecule has 172 valence electrons. The Balaban J connectivity index is 1.31. The van der Waals surface area contributed by atoms with Gasteiger partial charge in [0.05, 0.1) is 18.7 Å². The summed E-state index contributed by atoms with van der Waals surface area (Å²) in [6.07, 6.45) is 3.89. The molecule has 0 radical (unpaired) electrons. The Morgan fingerprint density at radius 3 is 2.97 bits per heavy atom. The molecular formula is C25H32N2O3S2. The number of nitrogens with zero attached hydrogens (tertiary/aromatic N) is 2. The zero-order valence-electron chi connectivity index (χ0n) is 18.5. The molecule has 0 aliphatic carbocycles. The third-order valence-corrected chi connectivity index (χ3v) is 8.34. The Morgan fingerprint density at radius 2 is 2.19 bits per heavy atom. The second-order valence-electron chi connectivity index (χ2n) is 8.48. The van der Waals surface area contributed by atoms with Crippen LogP contribution >= 0.6 is 23.1 Å². The van der Waals surface area contributed by atoms with Gasteiger partial charge in [-0.1, -0.05) is 0 Å². The van der Waals surface area contributed by atoms with Gasteiger partial charge in [-0.2, -0.15) is 11.3 Å². The summed E-state index contributed by atoms with van der Waals surface area (Å²) in [5.74, 6) is 2.56. The fourth-order valence-corrected chi connectivity index (χ4v) is 6.46. The summed E-state index contributed by atoms with van der Waals surface area (Å²) in [6.45, 7) is 3.27. The number of benzene rings is 1. The largest absolute Gasteiger partial charge is 0.497 e. The van der Waals surface area contributed by atoms with Gasteiger partial charge in [-0.05, 0) is 78.9 Å². The third-order valence-electron chi connectivity index (χ3n) is 6.53. The van der Waals surface area contributed by atoms with Crippen LogP contribution in [0.1, 0.15) is 30.9 Å². The summed E-state index contributed by atoms with van der Waals surface area (Å²) < 4.78 is 5.36. The van der Waals surface area contributed by atoms with E-state index in [1.165, 1.54) is 4.90 Å². The Bertz CT molecular complexity index is 982. The van der Waals surface area contributed by atoms with Gasteiger partial charge in [0, 0.05) is 47.3 Å². The van der Waals surface area contributed by atoms with Gasteiger partial charge in [0.1, 0.15) is 5.75 Å². The molecule has 2 aromatic heterocycles. The number of aliphatic hydroxyl groups excluding tert-OH is 2. The molecule has 0 saturated carbocycles. The average molecular weight is 473 g/mol. The van der Waals surface area contributed by atoms with Crippen LogP contribution in [0.15, 0.2) is 52.2 Å². The number of piperidine rings is 1. The molecule has 1 fully saturated rings. The van der Waals surface area contributed by atoms with Crippen LogP contribution in [0.5, 0.6) is 5.75 Å². The van der Waals surface area contributed by atoms with Crippen LogP contribution in [-0.4, -0.2) is 59.2 Å². The monoisotopic (exact) mass is 472 g/mol. The van der Waals surface area contributed by atoms with E-state index in [9.17, 15) is 10.2 Å². The molecule has 2 N–H and O–H groups in total. The number of hydrogen-bond donors (Lipinski definition) is 2. The van der Waals surface area contributed by atoms with E-state index in [0.717, 1.165) is 60.4 Å². The Labute approximate surface area is 198 Å². The highest BCUT2D eigenvalue weighted by Crippen LogP contribution is 2.33. The number of aliphatic hydroxyl groups is 2. The minimum atomic E-state index is -0.549. The van der Waals surface area contributed by atoms with E-state index >= 15 is 0 Å². The second kappa shape index (κ2) is 11.5. The molecule has 3 heterocycles. The van der Waals surface area contributed by atoms with Crippen molar-refractivity contribution in [3.8, 4) is 5.75 Å². The van der Waals surface area contributed by atoms with E-state index in [2.05, 4.69) is 26.7 Å². The number of fused-ring (bicyclic) bond motifs is 1. The number of thiophene rings is 1. The summed E-state index contributed by atoms with van der Waals surface area (Å²) >= 11 is 3.65.